The maximum Gasteiger partial charge on any atom is 0.255 e. The molecule has 1 aliphatic heterocycles. The largest absolute Gasteiger partial charge is 0.496 e. The number of nitrogens with two attached hydrogens (primary N) is 1. The average molecular weight is 326 g/mol. The van der Waals surface area contributed by atoms with Crippen LogP contribution in [0.3, 0.4) is 0 Å². The average Bonchev–Trinajstić information content (AvgIpc) is 2.54. The molecule has 1 atom stereocenters. The Hall–Kier alpha value is -1.46. The molecule has 1 amide bonds. The van der Waals surface area contributed by atoms with Crippen LogP contribution in [0.4, 0.5) is 5.69 Å². The summed E-state index contributed by atoms with van der Waals surface area (Å²) in [4.78, 5) is 14.8. The Balaban J connectivity index is 2.04. The van der Waals surface area contributed by atoms with Crippen LogP contribution in [0.2, 0.25) is 5.02 Å². The summed E-state index contributed by atoms with van der Waals surface area (Å²) in [6.07, 6.45) is 3.57. The molecular weight excluding hydrogens is 302 g/mol. The summed E-state index contributed by atoms with van der Waals surface area (Å²) in [6, 6.07) is 3.54. The summed E-state index contributed by atoms with van der Waals surface area (Å²) in [5.74, 6) is 0.260. The van der Waals surface area contributed by atoms with Crippen LogP contribution in [-0.4, -0.2) is 43.6 Å². The van der Waals surface area contributed by atoms with Crippen LogP contribution >= 0.6 is 11.6 Å². The van der Waals surface area contributed by atoms with Crippen molar-refractivity contribution in [3.05, 3.63) is 22.7 Å². The fourth-order valence-corrected chi connectivity index (χ4v) is 3.09. The summed E-state index contributed by atoms with van der Waals surface area (Å²) in [7, 11) is 1.51. The number of hydrogen-bond acceptors (Lipinski definition) is 4. The Morgan fingerprint density at radius 2 is 2.27 bits per heavy atom. The number of carbonyl (C=O) groups is 1. The first-order chi connectivity index (χ1) is 10.6. The Bertz CT molecular complexity index is 536. The van der Waals surface area contributed by atoms with Crippen molar-refractivity contribution in [3.63, 3.8) is 0 Å². The molecule has 1 saturated heterocycles. The van der Waals surface area contributed by atoms with Gasteiger partial charge in [-0.25, -0.2) is 0 Å². The van der Waals surface area contributed by atoms with Crippen LogP contribution in [0.25, 0.3) is 0 Å². The lowest BCUT2D eigenvalue weighted by atomic mass is 10.0. The molecule has 1 aromatic rings. The first-order valence-electron chi connectivity index (χ1n) is 7.72. The molecule has 0 aromatic heterocycles. The molecule has 0 spiro atoms. The van der Waals surface area contributed by atoms with Gasteiger partial charge in [0.2, 0.25) is 0 Å². The number of amides is 1. The predicted molar refractivity (Wildman–Crippen MR) is 89.6 cm³/mol. The smallest absolute Gasteiger partial charge is 0.255 e. The van der Waals surface area contributed by atoms with Gasteiger partial charge >= 0.3 is 0 Å². The van der Waals surface area contributed by atoms with Gasteiger partial charge < -0.3 is 15.8 Å². The van der Waals surface area contributed by atoms with E-state index in [1.165, 1.54) is 20.0 Å². The van der Waals surface area contributed by atoms with Gasteiger partial charge in [-0.3, -0.25) is 9.69 Å². The Kier molecular flexibility index (Phi) is 5.91. The van der Waals surface area contributed by atoms with Crippen molar-refractivity contribution in [2.45, 2.75) is 32.2 Å². The van der Waals surface area contributed by atoms with Gasteiger partial charge in [-0.2, -0.15) is 0 Å². The summed E-state index contributed by atoms with van der Waals surface area (Å²) in [6.45, 7) is 4.91. The second kappa shape index (κ2) is 7.70. The highest BCUT2D eigenvalue weighted by molar-refractivity contribution is 6.33. The topological polar surface area (TPSA) is 67.6 Å². The number of methoxy groups -OCH3 is 1. The fourth-order valence-electron chi connectivity index (χ4n) is 2.93. The van der Waals surface area contributed by atoms with Crippen LogP contribution in [0.5, 0.6) is 5.75 Å². The summed E-state index contributed by atoms with van der Waals surface area (Å²) in [5, 5.41) is 3.35. The van der Waals surface area contributed by atoms with E-state index in [0.717, 1.165) is 19.5 Å². The van der Waals surface area contributed by atoms with E-state index in [4.69, 9.17) is 22.1 Å². The number of nitrogens with zero attached hydrogens (tertiary/aromatic N) is 1. The van der Waals surface area contributed by atoms with Gasteiger partial charge in [0, 0.05) is 18.7 Å². The zero-order valence-electron chi connectivity index (χ0n) is 13.2. The fraction of sp³-hybridized carbons (Fsp3) is 0.562. The van der Waals surface area contributed by atoms with Gasteiger partial charge in [-0.05, 0) is 32.0 Å². The lowest BCUT2D eigenvalue weighted by Crippen LogP contribution is -2.46. The minimum absolute atomic E-state index is 0.180. The minimum Gasteiger partial charge on any atom is -0.496 e. The molecule has 0 bridgehead atoms. The molecule has 2 rings (SSSR count). The minimum atomic E-state index is -0.180. The molecule has 1 fully saturated rings. The Morgan fingerprint density at radius 1 is 1.50 bits per heavy atom. The number of benzene rings is 1. The first-order valence-corrected chi connectivity index (χ1v) is 8.09. The number of likely N-dealkylation sites (N-methyl/N-ethyl adjacent to an activating group) is 1. The number of likely N-dealkylation sites (tertiary alicyclic amines) is 1. The number of nitrogens with one attached hydrogen (secondary N) is 1. The van der Waals surface area contributed by atoms with Crippen molar-refractivity contribution in [3.8, 4) is 5.75 Å². The van der Waals surface area contributed by atoms with Crippen molar-refractivity contribution < 1.29 is 9.53 Å². The number of piperidine rings is 1. The molecule has 22 heavy (non-hydrogen) atoms. The van der Waals surface area contributed by atoms with E-state index >= 15 is 0 Å². The third-order valence-electron chi connectivity index (χ3n) is 4.22. The standard InChI is InChI=1S/C16H24ClN3O2/c1-3-20-7-5-4-6-11(20)10-19-16(21)12-8-13(17)14(18)9-15(12)22-2/h8-9,11H,3-7,10,18H2,1-2H3,(H,19,21). The Labute approximate surface area is 136 Å². The lowest BCUT2D eigenvalue weighted by molar-refractivity contribution is 0.0915. The number of hydrogen-bond donors (Lipinski definition) is 2. The summed E-state index contributed by atoms with van der Waals surface area (Å²) in [5.41, 5.74) is 6.56. The number of carbonyl (C=O) groups excluding carboxylic acids is 1. The highest BCUT2D eigenvalue weighted by atomic mass is 35.5. The zero-order valence-corrected chi connectivity index (χ0v) is 13.9. The molecule has 1 unspecified atom stereocenters. The lowest BCUT2D eigenvalue weighted by Gasteiger charge is -2.34. The van der Waals surface area contributed by atoms with Crippen LogP contribution in [0.1, 0.15) is 36.5 Å². The molecule has 0 aliphatic carbocycles. The molecule has 6 heteroatoms. The molecule has 3 N–H and O–H groups in total. The highest BCUT2D eigenvalue weighted by Gasteiger charge is 2.22. The second-order valence-electron chi connectivity index (χ2n) is 5.56. The molecular formula is C16H24ClN3O2. The SMILES string of the molecule is CCN1CCCCC1CNC(=O)c1cc(Cl)c(N)cc1OC. The van der Waals surface area contributed by atoms with E-state index < -0.39 is 0 Å². The first kappa shape index (κ1) is 16.9. The van der Waals surface area contributed by atoms with Crippen LogP contribution in [0, 0.1) is 0 Å². The van der Waals surface area contributed by atoms with E-state index in [-0.39, 0.29) is 5.91 Å². The van der Waals surface area contributed by atoms with Crippen LogP contribution in [-0.2, 0) is 0 Å². The van der Waals surface area contributed by atoms with E-state index in [9.17, 15) is 4.79 Å². The third-order valence-corrected chi connectivity index (χ3v) is 4.54. The molecule has 0 saturated carbocycles. The van der Waals surface area contributed by atoms with E-state index in [1.54, 1.807) is 12.1 Å². The monoisotopic (exact) mass is 325 g/mol. The summed E-state index contributed by atoms with van der Waals surface area (Å²) < 4.78 is 5.23. The maximum atomic E-state index is 12.4. The van der Waals surface area contributed by atoms with Gasteiger partial charge in [0.1, 0.15) is 5.75 Å². The van der Waals surface area contributed by atoms with Gasteiger partial charge in [-0.15, -0.1) is 0 Å². The molecule has 1 aromatic carbocycles. The second-order valence-corrected chi connectivity index (χ2v) is 5.97. The Morgan fingerprint density at radius 3 is 2.95 bits per heavy atom. The summed E-state index contributed by atoms with van der Waals surface area (Å²) >= 11 is 6.01. The van der Waals surface area contributed by atoms with Crippen molar-refractivity contribution >= 4 is 23.2 Å². The number of nitrogen functional groups attached to an aromatic ring is 1. The third kappa shape index (κ3) is 3.84. The van der Waals surface area contributed by atoms with Gasteiger partial charge in [-0.1, -0.05) is 24.9 Å². The zero-order chi connectivity index (χ0) is 16.1. The molecule has 1 heterocycles. The number of ether oxygens (including phenoxy) is 1. The van der Waals surface area contributed by atoms with E-state index in [2.05, 4.69) is 17.1 Å². The molecule has 0 radical (unpaired) electrons. The molecule has 1 aliphatic rings. The molecule has 5 nitrogen and oxygen atoms in total. The van der Waals surface area contributed by atoms with E-state index in [1.807, 2.05) is 0 Å². The normalized spacial score (nSPS) is 19.0. The predicted octanol–water partition coefficient (Wildman–Crippen LogP) is 2.54. The number of halogens is 1. The van der Waals surface area contributed by atoms with Crippen molar-refractivity contribution in [1.29, 1.82) is 0 Å². The van der Waals surface area contributed by atoms with Gasteiger partial charge in [0.25, 0.3) is 5.91 Å². The van der Waals surface area contributed by atoms with Crippen LogP contribution < -0.4 is 15.8 Å². The van der Waals surface area contributed by atoms with Gasteiger partial charge in [0.15, 0.2) is 0 Å². The number of rotatable bonds is 5. The van der Waals surface area contributed by atoms with Crippen molar-refractivity contribution in [2.24, 2.45) is 0 Å². The van der Waals surface area contributed by atoms with Crippen molar-refractivity contribution in [1.82, 2.24) is 10.2 Å². The van der Waals surface area contributed by atoms with E-state index in [0.29, 0.717) is 34.6 Å². The number of anilines is 1. The van der Waals surface area contributed by atoms with Gasteiger partial charge in [0.05, 0.1) is 23.4 Å². The molecule has 122 valence electrons. The van der Waals surface area contributed by atoms with Crippen molar-refractivity contribution in [2.75, 3.05) is 32.5 Å². The quantitative estimate of drug-likeness (QED) is 0.816. The van der Waals surface area contributed by atoms with Crippen LogP contribution in [0.15, 0.2) is 12.1 Å². The maximum absolute atomic E-state index is 12.4. The highest BCUT2D eigenvalue weighted by Crippen LogP contribution is 2.28.